The summed E-state index contributed by atoms with van der Waals surface area (Å²) in [6.45, 7) is 9.24. The zero-order valence-electron chi connectivity index (χ0n) is 9.79. The molecular weight excluding hydrogens is 182 g/mol. The Hall–Kier alpha value is -1.08. The fraction of sp³-hybridized carbons (Fsp3) is 0.429. The van der Waals surface area contributed by atoms with Gasteiger partial charge in [-0.25, -0.2) is 0 Å². The second kappa shape index (κ2) is 6.41. The minimum atomic E-state index is 0.395. The molecular formula is C14H21N. The Kier molecular flexibility index (Phi) is 5.13. The molecule has 0 amide bonds. The van der Waals surface area contributed by atoms with E-state index in [-0.39, 0.29) is 0 Å². The maximum atomic E-state index is 3.87. The number of rotatable bonds is 6. The van der Waals surface area contributed by atoms with Crippen LogP contribution in [0.1, 0.15) is 24.5 Å². The van der Waals surface area contributed by atoms with Crippen LogP contribution in [0.25, 0.3) is 0 Å². The van der Waals surface area contributed by atoms with E-state index in [0.717, 1.165) is 19.4 Å². The van der Waals surface area contributed by atoms with Gasteiger partial charge in [-0.15, -0.1) is 6.58 Å². The highest BCUT2D eigenvalue weighted by atomic mass is 14.9. The van der Waals surface area contributed by atoms with Crippen LogP contribution in [0.3, 0.4) is 0 Å². The standard InChI is InChI=1S/C14H21N/c1-4-9-15-14(5-2)11-13-8-6-7-12(3)10-13/h5-8,10,14-15H,2,4,9,11H2,1,3H3. The topological polar surface area (TPSA) is 12.0 Å². The molecule has 82 valence electrons. The van der Waals surface area contributed by atoms with Crippen molar-refractivity contribution in [3.8, 4) is 0 Å². The van der Waals surface area contributed by atoms with Crippen molar-refractivity contribution >= 4 is 0 Å². The smallest absolute Gasteiger partial charge is 0.0287 e. The van der Waals surface area contributed by atoms with Gasteiger partial charge in [-0.3, -0.25) is 0 Å². The Bertz CT molecular complexity index is 304. The van der Waals surface area contributed by atoms with Crippen molar-refractivity contribution in [1.29, 1.82) is 0 Å². The van der Waals surface area contributed by atoms with E-state index in [4.69, 9.17) is 0 Å². The number of hydrogen-bond donors (Lipinski definition) is 1. The van der Waals surface area contributed by atoms with Gasteiger partial charge in [0.2, 0.25) is 0 Å². The van der Waals surface area contributed by atoms with Crippen LogP contribution in [-0.4, -0.2) is 12.6 Å². The molecule has 0 bridgehead atoms. The van der Waals surface area contributed by atoms with Gasteiger partial charge in [0, 0.05) is 6.04 Å². The van der Waals surface area contributed by atoms with Gasteiger partial charge >= 0.3 is 0 Å². The van der Waals surface area contributed by atoms with Crippen molar-refractivity contribution in [2.24, 2.45) is 0 Å². The van der Waals surface area contributed by atoms with E-state index in [0.29, 0.717) is 6.04 Å². The number of aryl methyl sites for hydroxylation is 1. The van der Waals surface area contributed by atoms with Crippen molar-refractivity contribution in [2.75, 3.05) is 6.54 Å². The summed E-state index contributed by atoms with van der Waals surface area (Å²) in [7, 11) is 0. The Labute approximate surface area is 93.2 Å². The third-order valence-electron chi connectivity index (χ3n) is 2.48. The normalized spacial score (nSPS) is 12.4. The Morgan fingerprint density at radius 2 is 2.27 bits per heavy atom. The van der Waals surface area contributed by atoms with Crippen LogP contribution in [0.2, 0.25) is 0 Å². The molecule has 0 radical (unpaired) electrons. The van der Waals surface area contributed by atoms with E-state index < -0.39 is 0 Å². The third-order valence-corrected chi connectivity index (χ3v) is 2.48. The van der Waals surface area contributed by atoms with Crippen LogP contribution >= 0.6 is 0 Å². The van der Waals surface area contributed by atoms with Gasteiger partial charge in [-0.05, 0) is 31.9 Å². The second-order valence-corrected chi connectivity index (χ2v) is 3.99. The summed E-state index contributed by atoms with van der Waals surface area (Å²) in [5, 5.41) is 3.47. The minimum absolute atomic E-state index is 0.395. The summed E-state index contributed by atoms with van der Waals surface area (Å²) in [4.78, 5) is 0. The van der Waals surface area contributed by atoms with Gasteiger partial charge in [0.25, 0.3) is 0 Å². The molecule has 0 aliphatic carbocycles. The average Bonchev–Trinajstić information content (AvgIpc) is 2.24. The van der Waals surface area contributed by atoms with Crippen molar-refractivity contribution in [1.82, 2.24) is 5.32 Å². The monoisotopic (exact) mass is 203 g/mol. The van der Waals surface area contributed by atoms with Crippen LogP contribution < -0.4 is 5.32 Å². The first kappa shape index (κ1) is 12.0. The largest absolute Gasteiger partial charge is 0.310 e. The molecule has 1 aromatic rings. The number of hydrogen-bond acceptors (Lipinski definition) is 1. The maximum absolute atomic E-state index is 3.87. The summed E-state index contributed by atoms with van der Waals surface area (Å²) in [6, 6.07) is 9.06. The molecule has 0 spiro atoms. The molecule has 0 aliphatic rings. The fourth-order valence-electron chi connectivity index (χ4n) is 1.66. The lowest BCUT2D eigenvalue weighted by atomic mass is 10.0. The summed E-state index contributed by atoms with van der Waals surface area (Å²) in [5.41, 5.74) is 2.70. The maximum Gasteiger partial charge on any atom is 0.0287 e. The second-order valence-electron chi connectivity index (χ2n) is 3.99. The van der Waals surface area contributed by atoms with E-state index in [2.05, 4.69) is 50.0 Å². The molecule has 1 heteroatoms. The summed E-state index contributed by atoms with van der Waals surface area (Å²) in [5.74, 6) is 0. The van der Waals surface area contributed by atoms with E-state index >= 15 is 0 Å². The molecule has 15 heavy (non-hydrogen) atoms. The van der Waals surface area contributed by atoms with Crippen molar-refractivity contribution in [2.45, 2.75) is 32.7 Å². The van der Waals surface area contributed by atoms with Gasteiger partial charge in [0.15, 0.2) is 0 Å². The van der Waals surface area contributed by atoms with Crippen LogP contribution in [0.4, 0.5) is 0 Å². The molecule has 0 saturated carbocycles. The number of nitrogens with one attached hydrogen (secondary N) is 1. The first-order valence-corrected chi connectivity index (χ1v) is 5.67. The molecule has 1 aromatic carbocycles. The van der Waals surface area contributed by atoms with Crippen LogP contribution in [0.5, 0.6) is 0 Å². The summed E-state index contributed by atoms with van der Waals surface area (Å²) >= 11 is 0. The van der Waals surface area contributed by atoms with Gasteiger partial charge in [0.1, 0.15) is 0 Å². The lowest BCUT2D eigenvalue weighted by Crippen LogP contribution is -2.29. The highest BCUT2D eigenvalue weighted by molar-refractivity contribution is 5.23. The van der Waals surface area contributed by atoms with E-state index in [9.17, 15) is 0 Å². The predicted octanol–water partition coefficient (Wildman–Crippen LogP) is 3.09. The van der Waals surface area contributed by atoms with Crippen LogP contribution in [0, 0.1) is 6.92 Å². The lowest BCUT2D eigenvalue weighted by molar-refractivity contribution is 0.585. The quantitative estimate of drug-likeness (QED) is 0.701. The Morgan fingerprint density at radius 3 is 2.87 bits per heavy atom. The summed E-state index contributed by atoms with van der Waals surface area (Å²) in [6.07, 6.45) is 4.20. The van der Waals surface area contributed by atoms with Gasteiger partial charge < -0.3 is 5.32 Å². The summed E-state index contributed by atoms with van der Waals surface area (Å²) < 4.78 is 0. The number of benzene rings is 1. The molecule has 0 aromatic heterocycles. The minimum Gasteiger partial charge on any atom is -0.310 e. The molecule has 0 saturated heterocycles. The van der Waals surface area contributed by atoms with Gasteiger partial charge in [-0.2, -0.15) is 0 Å². The zero-order valence-corrected chi connectivity index (χ0v) is 9.79. The first-order chi connectivity index (χ1) is 7.26. The fourth-order valence-corrected chi connectivity index (χ4v) is 1.66. The highest BCUT2D eigenvalue weighted by Gasteiger charge is 2.03. The molecule has 1 N–H and O–H groups in total. The molecule has 0 heterocycles. The average molecular weight is 203 g/mol. The molecule has 1 atom stereocenters. The van der Waals surface area contributed by atoms with Crippen molar-refractivity contribution < 1.29 is 0 Å². The molecule has 0 fully saturated rings. The molecule has 1 rings (SSSR count). The van der Waals surface area contributed by atoms with E-state index in [1.54, 1.807) is 0 Å². The molecule has 1 nitrogen and oxygen atoms in total. The Balaban J connectivity index is 2.54. The molecule has 0 aliphatic heterocycles. The molecule has 1 unspecified atom stereocenters. The van der Waals surface area contributed by atoms with Gasteiger partial charge in [-0.1, -0.05) is 42.8 Å². The van der Waals surface area contributed by atoms with Gasteiger partial charge in [0.05, 0.1) is 0 Å². The lowest BCUT2D eigenvalue weighted by Gasteiger charge is -2.14. The first-order valence-electron chi connectivity index (χ1n) is 5.67. The van der Waals surface area contributed by atoms with Crippen molar-refractivity contribution in [3.63, 3.8) is 0 Å². The SMILES string of the molecule is C=CC(Cc1cccc(C)c1)NCCC. The van der Waals surface area contributed by atoms with E-state index in [1.165, 1.54) is 11.1 Å². The zero-order chi connectivity index (χ0) is 11.1. The third kappa shape index (κ3) is 4.30. The van der Waals surface area contributed by atoms with Crippen molar-refractivity contribution in [3.05, 3.63) is 48.0 Å². The Morgan fingerprint density at radius 1 is 1.47 bits per heavy atom. The van der Waals surface area contributed by atoms with Crippen LogP contribution in [0.15, 0.2) is 36.9 Å². The highest BCUT2D eigenvalue weighted by Crippen LogP contribution is 2.07. The van der Waals surface area contributed by atoms with Crippen LogP contribution in [-0.2, 0) is 6.42 Å². The predicted molar refractivity (Wildman–Crippen MR) is 67.2 cm³/mol. The van der Waals surface area contributed by atoms with E-state index in [1.807, 2.05) is 6.08 Å².